The zero-order valence-corrected chi connectivity index (χ0v) is 15.7. The first-order valence-electron chi connectivity index (χ1n) is 9.21. The van der Waals surface area contributed by atoms with Crippen LogP contribution in [-0.2, 0) is 0 Å². The van der Waals surface area contributed by atoms with E-state index in [1.807, 2.05) is 12.1 Å². The first-order chi connectivity index (χ1) is 11.3. The third-order valence-electron chi connectivity index (χ3n) is 4.80. The lowest BCUT2D eigenvalue weighted by molar-refractivity contribution is 0.0381. The Bertz CT molecular complexity index is 495. The highest BCUT2D eigenvalue weighted by Gasteiger charge is 2.30. The van der Waals surface area contributed by atoms with Crippen molar-refractivity contribution in [3.63, 3.8) is 0 Å². The maximum atomic E-state index is 10.4. The number of benzene rings is 1. The van der Waals surface area contributed by atoms with Gasteiger partial charge >= 0.3 is 0 Å². The molecule has 0 saturated carbocycles. The van der Waals surface area contributed by atoms with Crippen molar-refractivity contribution < 1.29 is 9.84 Å². The Hall–Kier alpha value is -1.26. The van der Waals surface area contributed by atoms with E-state index in [1.165, 1.54) is 5.69 Å². The number of aliphatic hydroxyl groups is 1. The lowest BCUT2D eigenvalue weighted by Gasteiger charge is -2.40. The lowest BCUT2D eigenvalue weighted by atomic mass is 9.80. The predicted molar refractivity (Wildman–Crippen MR) is 101 cm³/mol. The molecule has 1 aliphatic rings. The van der Waals surface area contributed by atoms with Crippen molar-refractivity contribution in [3.8, 4) is 5.75 Å². The average Bonchev–Trinajstić information content (AvgIpc) is 2.52. The van der Waals surface area contributed by atoms with Gasteiger partial charge in [-0.1, -0.05) is 27.7 Å². The highest BCUT2D eigenvalue weighted by Crippen LogP contribution is 2.31. The summed E-state index contributed by atoms with van der Waals surface area (Å²) < 4.78 is 5.65. The van der Waals surface area contributed by atoms with Crippen molar-refractivity contribution in [2.75, 3.05) is 24.6 Å². The summed E-state index contributed by atoms with van der Waals surface area (Å²) in [5, 5.41) is 10.4. The number of nitrogens with zero attached hydrogens (tertiary/aromatic N) is 1. The molecule has 1 fully saturated rings. The van der Waals surface area contributed by atoms with Crippen molar-refractivity contribution in [1.29, 1.82) is 0 Å². The molecular weight excluding hydrogens is 300 g/mol. The fraction of sp³-hybridized carbons (Fsp3) is 0.700. The van der Waals surface area contributed by atoms with E-state index in [9.17, 15) is 5.11 Å². The van der Waals surface area contributed by atoms with E-state index in [2.05, 4.69) is 44.7 Å². The van der Waals surface area contributed by atoms with Crippen LogP contribution in [0.3, 0.4) is 0 Å². The maximum absolute atomic E-state index is 10.4. The van der Waals surface area contributed by atoms with Crippen molar-refractivity contribution in [2.45, 2.75) is 59.1 Å². The Morgan fingerprint density at radius 3 is 2.50 bits per heavy atom. The molecule has 1 heterocycles. The zero-order chi connectivity index (χ0) is 17.7. The molecule has 0 amide bonds. The normalized spacial score (nSPS) is 23.2. The standard InChI is InChI=1S/C20H34N2O2/c1-5-10-24-18-8-6-17(7-9-18)22-13-15(11-16(21)14-22)12-19(23)20(2,3)4/h6-9,15-16,19,23H,5,10-14,21H2,1-4H3. The number of rotatable bonds is 6. The summed E-state index contributed by atoms with van der Waals surface area (Å²) in [7, 11) is 0. The van der Waals surface area contributed by atoms with E-state index in [1.54, 1.807) is 0 Å². The fourth-order valence-corrected chi connectivity index (χ4v) is 3.27. The molecule has 1 aliphatic heterocycles. The van der Waals surface area contributed by atoms with Crippen LogP contribution in [0.5, 0.6) is 5.75 Å². The third kappa shape index (κ3) is 5.38. The van der Waals surface area contributed by atoms with Crippen molar-refractivity contribution >= 4 is 5.69 Å². The Balaban J connectivity index is 1.99. The number of nitrogens with two attached hydrogens (primary N) is 1. The molecule has 24 heavy (non-hydrogen) atoms. The summed E-state index contributed by atoms with van der Waals surface area (Å²) in [6, 6.07) is 8.45. The third-order valence-corrected chi connectivity index (χ3v) is 4.80. The summed E-state index contributed by atoms with van der Waals surface area (Å²) >= 11 is 0. The topological polar surface area (TPSA) is 58.7 Å². The van der Waals surface area contributed by atoms with Gasteiger partial charge in [-0.2, -0.15) is 0 Å². The largest absolute Gasteiger partial charge is 0.494 e. The first kappa shape index (κ1) is 19.1. The molecule has 1 aromatic rings. The van der Waals surface area contributed by atoms with Crippen LogP contribution in [0.15, 0.2) is 24.3 Å². The number of aliphatic hydroxyl groups excluding tert-OH is 1. The van der Waals surface area contributed by atoms with Gasteiger partial charge in [0.2, 0.25) is 0 Å². The van der Waals surface area contributed by atoms with Gasteiger partial charge in [0, 0.05) is 24.8 Å². The zero-order valence-electron chi connectivity index (χ0n) is 15.7. The minimum Gasteiger partial charge on any atom is -0.494 e. The molecule has 0 spiro atoms. The van der Waals surface area contributed by atoms with Crippen molar-refractivity contribution in [1.82, 2.24) is 0 Å². The Morgan fingerprint density at radius 1 is 1.25 bits per heavy atom. The molecule has 1 aromatic carbocycles. The van der Waals surface area contributed by atoms with Crippen LogP contribution in [0.4, 0.5) is 5.69 Å². The van der Waals surface area contributed by atoms with Crippen molar-refractivity contribution in [3.05, 3.63) is 24.3 Å². The SMILES string of the molecule is CCCOc1ccc(N2CC(N)CC(CC(O)C(C)(C)C)C2)cc1. The highest BCUT2D eigenvalue weighted by atomic mass is 16.5. The summed E-state index contributed by atoms with van der Waals surface area (Å²) in [5.74, 6) is 1.35. The second kappa shape index (κ2) is 8.21. The predicted octanol–water partition coefficient (Wildman–Crippen LogP) is 3.43. The van der Waals surface area contributed by atoms with Crippen LogP contribution in [-0.4, -0.2) is 36.9 Å². The van der Waals surface area contributed by atoms with E-state index in [0.717, 1.165) is 44.7 Å². The molecule has 1 saturated heterocycles. The van der Waals surface area contributed by atoms with Gasteiger partial charge in [-0.15, -0.1) is 0 Å². The van der Waals surface area contributed by atoms with Gasteiger partial charge in [-0.05, 0) is 54.9 Å². The molecule has 0 radical (unpaired) electrons. The Labute approximate surface area is 147 Å². The number of hydrogen-bond acceptors (Lipinski definition) is 4. The summed E-state index contributed by atoms with van der Waals surface area (Å²) in [6.45, 7) is 11.0. The van der Waals surface area contributed by atoms with E-state index in [0.29, 0.717) is 5.92 Å². The maximum Gasteiger partial charge on any atom is 0.119 e. The van der Waals surface area contributed by atoms with Gasteiger partial charge < -0.3 is 20.5 Å². The molecule has 3 atom stereocenters. The van der Waals surface area contributed by atoms with Crippen LogP contribution in [0, 0.1) is 11.3 Å². The number of piperidine rings is 1. The van der Waals surface area contributed by atoms with Gasteiger partial charge in [-0.3, -0.25) is 0 Å². The van der Waals surface area contributed by atoms with Crippen LogP contribution in [0.2, 0.25) is 0 Å². The first-order valence-corrected chi connectivity index (χ1v) is 9.21. The van der Waals surface area contributed by atoms with E-state index in [-0.39, 0.29) is 17.6 Å². The van der Waals surface area contributed by atoms with Crippen molar-refractivity contribution in [2.24, 2.45) is 17.1 Å². The molecule has 4 heteroatoms. The molecule has 3 N–H and O–H groups in total. The molecule has 4 nitrogen and oxygen atoms in total. The summed E-state index contributed by atoms with van der Waals surface area (Å²) in [6.07, 6.45) is 2.52. The van der Waals surface area contributed by atoms with E-state index >= 15 is 0 Å². The molecule has 2 rings (SSSR count). The molecule has 0 bridgehead atoms. The fourth-order valence-electron chi connectivity index (χ4n) is 3.27. The molecule has 0 aliphatic carbocycles. The van der Waals surface area contributed by atoms with Crippen LogP contribution < -0.4 is 15.4 Å². The molecule has 136 valence electrons. The second-order valence-corrected chi connectivity index (χ2v) is 8.23. The van der Waals surface area contributed by atoms with Crippen LogP contribution >= 0.6 is 0 Å². The highest BCUT2D eigenvalue weighted by molar-refractivity contribution is 5.49. The molecule has 0 aromatic heterocycles. The minimum absolute atomic E-state index is 0.0787. The van der Waals surface area contributed by atoms with E-state index in [4.69, 9.17) is 10.5 Å². The quantitative estimate of drug-likeness (QED) is 0.837. The monoisotopic (exact) mass is 334 g/mol. The average molecular weight is 335 g/mol. The van der Waals surface area contributed by atoms with Crippen LogP contribution in [0.1, 0.15) is 47.0 Å². The Kier molecular flexibility index (Phi) is 6.53. The second-order valence-electron chi connectivity index (χ2n) is 8.23. The molecule has 3 unspecified atom stereocenters. The van der Waals surface area contributed by atoms with Gasteiger partial charge in [0.15, 0.2) is 0 Å². The minimum atomic E-state index is -0.292. The van der Waals surface area contributed by atoms with E-state index < -0.39 is 0 Å². The summed E-state index contributed by atoms with van der Waals surface area (Å²) in [5.41, 5.74) is 7.39. The van der Waals surface area contributed by atoms with Gasteiger partial charge in [0.05, 0.1) is 12.7 Å². The Morgan fingerprint density at radius 2 is 1.92 bits per heavy atom. The number of hydrogen-bond donors (Lipinski definition) is 2. The smallest absolute Gasteiger partial charge is 0.119 e. The number of anilines is 1. The van der Waals surface area contributed by atoms with Crippen LogP contribution in [0.25, 0.3) is 0 Å². The van der Waals surface area contributed by atoms with Gasteiger partial charge in [0.25, 0.3) is 0 Å². The lowest BCUT2D eigenvalue weighted by Crippen LogP contribution is -2.48. The number of ether oxygens (including phenoxy) is 1. The molecular formula is C20H34N2O2. The van der Waals surface area contributed by atoms with Gasteiger partial charge in [-0.25, -0.2) is 0 Å². The summed E-state index contributed by atoms with van der Waals surface area (Å²) in [4.78, 5) is 2.35. The van der Waals surface area contributed by atoms with Gasteiger partial charge in [0.1, 0.15) is 5.75 Å².